The lowest BCUT2D eigenvalue weighted by atomic mass is 10.1. The molecule has 4 rings (SSSR count). The third kappa shape index (κ3) is 5.56. The molecule has 0 spiro atoms. The Bertz CT molecular complexity index is 1280. The molecule has 3 aromatic carbocycles. The van der Waals surface area contributed by atoms with Gasteiger partial charge in [-0.2, -0.15) is 5.10 Å². The zero-order valence-corrected chi connectivity index (χ0v) is 20.0. The minimum atomic E-state index is -0.242. The number of amides is 1. The fraction of sp³-hybridized carbons (Fsp3) is 0.111. The zero-order chi connectivity index (χ0) is 23.2. The van der Waals surface area contributed by atoms with Gasteiger partial charge >= 0.3 is 0 Å². The lowest BCUT2D eigenvalue weighted by Gasteiger charge is -2.11. The van der Waals surface area contributed by atoms with Crippen LogP contribution in [0.4, 0.5) is 0 Å². The second-order valence-electron chi connectivity index (χ2n) is 7.61. The topological polar surface area (TPSA) is 46.4 Å². The summed E-state index contributed by atoms with van der Waals surface area (Å²) in [5.74, 6) is 0.610. The zero-order valence-electron chi connectivity index (χ0n) is 18.5. The average Bonchev–Trinajstić information content (AvgIpc) is 3.12. The molecule has 0 atom stereocenters. The van der Waals surface area contributed by atoms with Gasteiger partial charge in [0.25, 0.3) is 5.91 Å². The summed E-state index contributed by atoms with van der Waals surface area (Å²) in [6.07, 6.45) is 1.67. The third-order valence-electron chi connectivity index (χ3n) is 5.30. The molecule has 0 unspecified atom stereocenters. The molecule has 6 heteroatoms. The van der Waals surface area contributed by atoms with Crippen LogP contribution in [0.5, 0.6) is 0 Å². The maximum atomic E-state index is 12.5. The van der Waals surface area contributed by atoms with Gasteiger partial charge in [-0.1, -0.05) is 54.1 Å². The van der Waals surface area contributed by atoms with Gasteiger partial charge in [-0.3, -0.25) is 4.79 Å². The van der Waals surface area contributed by atoms with E-state index in [1.165, 1.54) is 4.90 Å². The number of carbonyl (C=O) groups excluding carboxylic acids is 1. The second kappa shape index (κ2) is 10.6. The first-order chi connectivity index (χ1) is 16.0. The Kier molecular flexibility index (Phi) is 7.33. The molecule has 1 aromatic heterocycles. The van der Waals surface area contributed by atoms with E-state index in [0.29, 0.717) is 10.6 Å². The van der Waals surface area contributed by atoms with Gasteiger partial charge in [0.15, 0.2) is 0 Å². The number of hydrogen-bond acceptors (Lipinski definition) is 3. The fourth-order valence-electron chi connectivity index (χ4n) is 3.58. The van der Waals surface area contributed by atoms with Gasteiger partial charge in [-0.25, -0.2) is 5.43 Å². The standard InChI is InChI=1S/C27H24ClN3OS/c1-19-16-23(20(2)31(19)26-11-7-6-10-25(26)28)17-29-30-27(32)22-14-12-21(13-15-22)18-33-24-8-4-3-5-9-24/h3-17H,18H2,1-2H3,(H,30,32)/b29-17-. The smallest absolute Gasteiger partial charge is 0.271 e. The molecular formula is C27H24ClN3OS. The van der Waals surface area contributed by atoms with E-state index in [4.69, 9.17) is 11.6 Å². The molecule has 0 bridgehead atoms. The van der Waals surface area contributed by atoms with Crippen molar-refractivity contribution in [2.45, 2.75) is 24.5 Å². The number of aryl methyl sites for hydroxylation is 1. The van der Waals surface area contributed by atoms with Crippen molar-refractivity contribution in [1.29, 1.82) is 0 Å². The molecule has 1 heterocycles. The minimum absolute atomic E-state index is 0.242. The van der Waals surface area contributed by atoms with Gasteiger partial charge in [0.05, 0.1) is 16.9 Å². The first-order valence-corrected chi connectivity index (χ1v) is 11.9. The molecule has 0 aliphatic heterocycles. The van der Waals surface area contributed by atoms with Crippen LogP contribution in [0.25, 0.3) is 5.69 Å². The summed E-state index contributed by atoms with van der Waals surface area (Å²) in [7, 11) is 0. The van der Waals surface area contributed by atoms with Crippen molar-refractivity contribution in [3.63, 3.8) is 0 Å². The minimum Gasteiger partial charge on any atom is -0.316 e. The molecule has 33 heavy (non-hydrogen) atoms. The van der Waals surface area contributed by atoms with E-state index in [2.05, 4.69) is 27.2 Å². The number of hydrazone groups is 1. The van der Waals surface area contributed by atoms with Gasteiger partial charge in [-0.15, -0.1) is 11.8 Å². The van der Waals surface area contributed by atoms with Crippen LogP contribution in [0, 0.1) is 13.8 Å². The van der Waals surface area contributed by atoms with Gasteiger partial charge in [0, 0.05) is 33.2 Å². The number of nitrogens with zero attached hydrogens (tertiary/aromatic N) is 2. The number of nitrogens with one attached hydrogen (secondary N) is 1. The van der Waals surface area contributed by atoms with Crippen molar-refractivity contribution in [2.24, 2.45) is 5.10 Å². The van der Waals surface area contributed by atoms with E-state index in [1.54, 1.807) is 18.0 Å². The van der Waals surface area contributed by atoms with Crippen molar-refractivity contribution >= 4 is 35.5 Å². The van der Waals surface area contributed by atoms with Crippen LogP contribution in [0.1, 0.15) is 32.9 Å². The van der Waals surface area contributed by atoms with Crippen molar-refractivity contribution in [3.05, 3.63) is 118 Å². The Labute approximate surface area is 203 Å². The highest BCUT2D eigenvalue weighted by molar-refractivity contribution is 7.98. The molecule has 0 saturated heterocycles. The number of para-hydroxylation sites is 1. The highest BCUT2D eigenvalue weighted by atomic mass is 35.5. The third-order valence-corrected chi connectivity index (χ3v) is 6.70. The molecule has 0 radical (unpaired) electrons. The molecule has 0 fully saturated rings. The fourth-order valence-corrected chi connectivity index (χ4v) is 4.68. The Morgan fingerprint density at radius 3 is 2.42 bits per heavy atom. The summed E-state index contributed by atoms with van der Waals surface area (Å²) in [5, 5.41) is 4.85. The predicted octanol–water partition coefficient (Wildman–Crippen LogP) is 6.80. The number of thioether (sulfide) groups is 1. The molecule has 1 N–H and O–H groups in total. The number of halogens is 1. The molecular weight excluding hydrogens is 450 g/mol. The first kappa shape index (κ1) is 22.9. The van der Waals surface area contributed by atoms with Gasteiger partial charge in [-0.05, 0) is 61.9 Å². The highest BCUT2D eigenvalue weighted by Crippen LogP contribution is 2.26. The maximum Gasteiger partial charge on any atom is 0.271 e. The number of hydrogen-bond donors (Lipinski definition) is 1. The maximum absolute atomic E-state index is 12.5. The Balaban J connectivity index is 1.38. The largest absolute Gasteiger partial charge is 0.316 e. The van der Waals surface area contributed by atoms with Gasteiger partial charge in [0.1, 0.15) is 0 Å². The van der Waals surface area contributed by atoms with Crippen molar-refractivity contribution in [2.75, 3.05) is 0 Å². The Morgan fingerprint density at radius 2 is 1.70 bits per heavy atom. The Morgan fingerprint density at radius 1 is 1.00 bits per heavy atom. The van der Waals surface area contributed by atoms with E-state index in [-0.39, 0.29) is 5.91 Å². The van der Waals surface area contributed by atoms with E-state index in [0.717, 1.165) is 34.0 Å². The molecule has 0 aliphatic carbocycles. The summed E-state index contributed by atoms with van der Waals surface area (Å²) in [4.78, 5) is 13.7. The van der Waals surface area contributed by atoms with E-state index < -0.39 is 0 Å². The molecule has 0 aliphatic rings. The molecule has 4 nitrogen and oxygen atoms in total. The van der Waals surface area contributed by atoms with Crippen molar-refractivity contribution in [3.8, 4) is 5.69 Å². The summed E-state index contributed by atoms with van der Waals surface area (Å²) >= 11 is 8.14. The number of rotatable bonds is 7. The molecule has 0 saturated carbocycles. The van der Waals surface area contributed by atoms with Gasteiger partial charge in [0.2, 0.25) is 0 Å². The van der Waals surface area contributed by atoms with Crippen LogP contribution in [-0.2, 0) is 5.75 Å². The lowest BCUT2D eigenvalue weighted by molar-refractivity contribution is 0.0955. The van der Waals surface area contributed by atoms with Crippen LogP contribution in [0.3, 0.4) is 0 Å². The van der Waals surface area contributed by atoms with Crippen molar-refractivity contribution in [1.82, 2.24) is 9.99 Å². The Hall–Kier alpha value is -3.28. The first-order valence-electron chi connectivity index (χ1n) is 10.6. The molecule has 1 amide bonds. The lowest BCUT2D eigenvalue weighted by Crippen LogP contribution is -2.17. The second-order valence-corrected chi connectivity index (χ2v) is 9.07. The summed E-state index contributed by atoms with van der Waals surface area (Å²) in [5.41, 5.74) is 8.23. The SMILES string of the molecule is Cc1cc(/C=N\NC(=O)c2ccc(CSc3ccccc3)cc2)c(C)n1-c1ccccc1Cl. The average molecular weight is 474 g/mol. The summed E-state index contributed by atoms with van der Waals surface area (Å²) in [6.45, 7) is 4.02. The predicted molar refractivity (Wildman–Crippen MR) is 138 cm³/mol. The van der Waals surface area contributed by atoms with E-state index >= 15 is 0 Å². The summed E-state index contributed by atoms with van der Waals surface area (Å²) < 4.78 is 2.08. The van der Waals surface area contributed by atoms with Crippen LogP contribution in [0.2, 0.25) is 5.02 Å². The summed E-state index contributed by atoms with van der Waals surface area (Å²) in [6, 6.07) is 27.6. The van der Waals surface area contributed by atoms with Gasteiger partial charge < -0.3 is 4.57 Å². The normalized spacial score (nSPS) is 11.1. The van der Waals surface area contributed by atoms with Crippen LogP contribution >= 0.6 is 23.4 Å². The monoisotopic (exact) mass is 473 g/mol. The van der Waals surface area contributed by atoms with Crippen LogP contribution in [-0.4, -0.2) is 16.7 Å². The molecule has 4 aromatic rings. The number of benzene rings is 3. The highest BCUT2D eigenvalue weighted by Gasteiger charge is 2.12. The van der Waals surface area contributed by atoms with E-state index in [1.807, 2.05) is 86.6 Å². The number of aromatic nitrogens is 1. The number of carbonyl (C=O) groups is 1. The van der Waals surface area contributed by atoms with Crippen LogP contribution < -0.4 is 5.43 Å². The van der Waals surface area contributed by atoms with Crippen LogP contribution in [0.15, 0.2) is 94.9 Å². The van der Waals surface area contributed by atoms with Crippen molar-refractivity contribution < 1.29 is 4.79 Å². The quantitative estimate of drug-likeness (QED) is 0.182. The van der Waals surface area contributed by atoms with E-state index in [9.17, 15) is 4.79 Å². The molecule has 166 valence electrons.